The summed E-state index contributed by atoms with van der Waals surface area (Å²) >= 11 is 0. The second-order valence-electron chi connectivity index (χ2n) is 7.54. The highest BCUT2D eigenvalue weighted by atomic mass is 31.2. The molecule has 1 aromatic heterocycles. The zero-order chi connectivity index (χ0) is 24.7. The Morgan fingerprint density at radius 1 is 1.32 bits per heavy atom. The van der Waals surface area contributed by atoms with E-state index in [1.807, 2.05) is 4.98 Å². The Balaban J connectivity index is 1.53. The molecule has 2 aromatic rings. The van der Waals surface area contributed by atoms with Gasteiger partial charge < -0.3 is 14.9 Å². The molecular formula is C19H20F2N3O9P. The van der Waals surface area contributed by atoms with E-state index < -0.39 is 67.6 Å². The molecule has 1 unspecified atom stereocenters. The Labute approximate surface area is 190 Å². The molecule has 184 valence electrons. The fourth-order valence-electron chi connectivity index (χ4n) is 3.65. The summed E-state index contributed by atoms with van der Waals surface area (Å²) in [6, 6.07) is 4.44. The maximum Gasteiger partial charge on any atom is 0.475 e. The molecule has 12 nitrogen and oxygen atoms in total. The van der Waals surface area contributed by atoms with Gasteiger partial charge in [-0.25, -0.2) is 18.1 Å². The summed E-state index contributed by atoms with van der Waals surface area (Å²) in [7, 11) is -4.40. The van der Waals surface area contributed by atoms with Crippen LogP contribution in [-0.4, -0.2) is 57.6 Å². The fourth-order valence-corrected chi connectivity index (χ4v) is 5.05. The topological polar surface area (TPSA) is 162 Å². The lowest BCUT2D eigenvalue weighted by Gasteiger charge is -2.32. The van der Waals surface area contributed by atoms with E-state index in [0.29, 0.717) is 0 Å². The number of nitrogens with one attached hydrogen (secondary N) is 1. The zero-order valence-electron chi connectivity index (χ0n) is 17.4. The predicted molar refractivity (Wildman–Crippen MR) is 110 cm³/mol. The number of benzene rings is 1. The minimum Gasteiger partial charge on any atom is -0.385 e. The Kier molecular flexibility index (Phi) is 6.66. The van der Waals surface area contributed by atoms with Gasteiger partial charge in [0.1, 0.15) is 18.8 Å². The van der Waals surface area contributed by atoms with Gasteiger partial charge in [-0.2, -0.15) is 0 Å². The average molecular weight is 503 g/mol. The number of rotatable bonds is 6. The molecule has 4 rings (SSSR count). The van der Waals surface area contributed by atoms with Gasteiger partial charge in [-0.1, -0.05) is 12.1 Å². The molecule has 2 saturated heterocycles. The number of aliphatic imine (C=N–C) groups is 1. The van der Waals surface area contributed by atoms with Crippen molar-refractivity contribution < 1.29 is 41.9 Å². The van der Waals surface area contributed by atoms with Crippen molar-refractivity contribution >= 4 is 14.5 Å². The number of H-pyrrole nitrogens is 1. The fraction of sp³-hybridized carbons (Fsp3) is 0.421. The summed E-state index contributed by atoms with van der Waals surface area (Å²) < 4.78 is 62.8. The van der Waals surface area contributed by atoms with Crippen LogP contribution in [0, 0.1) is 11.6 Å². The predicted octanol–water partition coefficient (Wildman–Crippen LogP) is 0.765. The Hall–Kier alpha value is -2.58. The molecule has 34 heavy (non-hydrogen) atoms. The number of phosphoric acid groups is 1. The van der Waals surface area contributed by atoms with Crippen LogP contribution < -0.4 is 11.2 Å². The van der Waals surface area contributed by atoms with Crippen molar-refractivity contribution in [2.45, 2.75) is 36.7 Å². The first kappa shape index (κ1) is 24.5. The van der Waals surface area contributed by atoms with Gasteiger partial charge in [-0.05, 0) is 12.8 Å². The molecule has 0 saturated carbocycles. The van der Waals surface area contributed by atoms with Crippen LogP contribution in [-0.2, 0) is 22.9 Å². The van der Waals surface area contributed by atoms with Gasteiger partial charge in [-0.15, -0.1) is 0 Å². The first-order valence-corrected chi connectivity index (χ1v) is 11.4. The van der Waals surface area contributed by atoms with E-state index in [-0.39, 0.29) is 18.6 Å². The van der Waals surface area contributed by atoms with Gasteiger partial charge in [0.15, 0.2) is 17.9 Å². The molecule has 0 amide bonds. The molecule has 0 spiro atoms. The summed E-state index contributed by atoms with van der Waals surface area (Å²) in [5.74, 6) is -2.28. The van der Waals surface area contributed by atoms with E-state index in [9.17, 15) is 33.1 Å². The number of hydrogen-bond acceptors (Lipinski definition) is 10. The number of nitrogens with zero attached hydrogens (tertiary/aromatic N) is 2. The Bertz CT molecular complexity index is 1250. The molecule has 6 atom stereocenters. The molecule has 3 heterocycles. The van der Waals surface area contributed by atoms with Crippen molar-refractivity contribution in [3.63, 3.8) is 0 Å². The number of ether oxygens (including phenoxy) is 1. The molecule has 15 heteroatoms. The maximum atomic E-state index is 14.2. The van der Waals surface area contributed by atoms with Crippen molar-refractivity contribution in [3.05, 3.63) is 68.5 Å². The number of aromatic nitrogens is 2. The van der Waals surface area contributed by atoms with E-state index in [4.69, 9.17) is 18.3 Å². The first-order chi connectivity index (χ1) is 16.1. The van der Waals surface area contributed by atoms with Crippen molar-refractivity contribution in [1.29, 1.82) is 0 Å². The monoisotopic (exact) mass is 503 g/mol. The average Bonchev–Trinajstić information content (AvgIpc) is 3.05. The first-order valence-electron chi connectivity index (χ1n) is 9.94. The van der Waals surface area contributed by atoms with Crippen molar-refractivity contribution in [2.75, 3.05) is 13.2 Å². The highest BCUT2D eigenvalue weighted by Gasteiger charge is 2.56. The van der Waals surface area contributed by atoms with Crippen LogP contribution in [0.25, 0.3) is 0 Å². The Morgan fingerprint density at radius 3 is 2.79 bits per heavy atom. The summed E-state index contributed by atoms with van der Waals surface area (Å²) in [6.45, 7) is 2.29. The van der Waals surface area contributed by atoms with Gasteiger partial charge in [-0.3, -0.25) is 32.9 Å². The zero-order valence-corrected chi connectivity index (χ0v) is 18.3. The van der Waals surface area contributed by atoms with E-state index in [1.54, 1.807) is 0 Å². The summed E-state index contributed by atoms with van der Waals surface area (Å²) in [5.41, 5.74) is -3.94. The normalized spacial score (nSPS) is 33.6. The van der Waals surface area contributed by atoms with Crippen LogP contribution >= 0.6 is 7.82 Å². The van der Waals surface area contributed by atoms with Gasteiger partial charge in [0.25, 0.3) is 5.56 Å². The number of aliphatic hydroxyl groups excluding tert-OH is 2. The van der Waals surface area contributed by atoms with Crippen LogP contribution in [0.15, 0.2) is 45.0 Å². The van der Waals surface area contributed by atoms with Crippen molar-refractivity contribution in [2.24, 2.45) is 4.99 Å². The maximum absolute atomic E-state index is 14.2. The smallest absolute Gasteiger partial charge is 0.385 e. The number of hydrogen-bond donors (Lipinski definition) is 3. The molecule has 2 aliphatic heterocycles. The molecular weight excluding hydrogens is 483 g/mol. The van der Waals surface area contributed by atoms with E-state index in [2.05, 4.69) is 11.7 Å². The highest BCUT2D eigenvalue weighted by Crippen LogP contribution is 2.58. The molecule has 0 aliphatic carbocycles. The minimum absolute atomic E-state index is 0.0492. The lowest BCUT2D eigenvalue weighted by molar-refractivity contribution is -0.125. The number of aliphatic hydroxyl groups is 2. The molecule has 0 radical (unpaired) electrons. The number of aromatic amines is 1. The van der Waals surface area contributed by atoms with Crippen molar-refractivity contribution in [3.8, 4) is 0 Å². The van der Waals surface area contributed by atoms with Crippen molar-refractivity contribution in [1.82, 2.24) is 9.55 Å². The van der Waals surface area contributed by atoms with Gasteiger partial charge in [0.05, 0.1) is 12.7 Å². The van der Waals surface area contributed by atoms with Crippen LogP contribution in [0.3, 0.4) is 0 Å². The van der Waals surface area contributed by atoms with Crippen LogP contribution in [0.1, 0.15) is 24.3 Å². The number of halogens is 2. The second-order valence-corrected chi connectivity index (χ2v) is 9.17. The Morgan fingerprint density at radius 2 is 2.09 bits per heavy atom. The van der Waals surface area contributed by atoms with Crippen LogP contribution in [0.2, 0.25) is 0 Å². The van der Waals surface area contributed by atoms with Gasteiger partial charge in [0, 0.05) is 24.2 Å². The third-order valence-electron chi connectivity index (χ3n) is 5.44. The lowest BCUT2D eigenvalue weighted by Crippen LogP contribution is -2.45. The summed E-state index contributed by atoms with van der Waals surface area (Å²) in [6.07, 6.45) is -5.14. The van der Waals surface area contributed by atoms with E-state index in [0.717, 1.165) is 22.9 Å². The third kappa shape index (κ3) is 4.41. The molecule has 1 aromatic carbocycles. The standard InChI is InChI=1S/C19H20F2N3O9P/c1-22-19(16(27)15(26)17(32-19)24-7-5-13(25)23-18(24)28)9-31-34(29)30-8-6-12(33-34)10-3-2-4-11(20)14(10)21/h2-5,7,12,15-17,26-27H,1,6,8-9H2,(H,23,25,28)/t12-,15+,16-,17+,19+,34?/m0/s1. The minimum atomic E-state index is -4.40. The highest BCUT2D eigenvalue weighted by molar-refractivity contribution is 7.48. The lowest BCUT2D eigenvalue weighted by atomic mass is 10.1. The number of phosphoric ester groups is 1. The third-order valence-corrected chi connectivity index (χ3v) is 6.90. The SMILES string of the molecule is C=N[C@]1(COP2(=O)OCC[C@@H](c3cccc(F)c3F)O2)O[C@@H](n2ccc(=O)[nH]c2=O)[C@H](O)[C@@H]1O. The van der Waals surface area contributed by atoms with Gasteiger partial charge in [0.2, 0.25) is 5.72 Å². The second kappa shape index (κ2) is 9.23. The van der Waals surface area contributed by atoms with E-state index >= 15 is 0 Å². The van der Waals surface area contributed by atoms with Gasteiger partial charge >= 0.3 is 13.5 Å². The molecule has 2 fully saturated rings. The molecule has 2 aliphatic rings. The molecule has 3 N–H and O–H groups in total. The quantitative estimate of drug-likeness (QED) is 0.382. The molecule has 0 bridgehead atoms. The van der Waals surface area contributed by atoms with Crippen LogP contribution in [0.5, 0.6) is 0 Å². The summed E-state index contributed by atoms with van der Waals surface area (Å²) in [5, 5.41) is 21.0. The van der Waals surface area contributed by atoms with Crippen LogP contribution in [0.4, 0.5) is 8.78 Å². The summed E-state index contributed by atoms with van der Waals surface area (Å²) in [4.78, 5) is 29.0. The van der Waals surface area contributed by atoms with E-state index in [1.165, 1.54) is 12.1 Å². The largest absolute Gasteiger partial charge is 0.475 e.